The third kappa shape index (κ3) is 2.76. The van der Waals surface area contributed by atoms with E-state index in [0.29, 0.717) is 5.56 Å². The summed E-state index contributed by atoms with van der Waals surface area (Å²) in [6.45, 7) is 0. The molecule has 6 nitrogen and oxygen atoms in total. The molecule has 1 spiro atoms. The summed E-state index contributed by atoms with van der Waals surface area (Å²) in [5.41, 5.74) is -1.28. The molecule has 0 N–H and O–H groups in total. The van der Waals surface area contributed by atoms with E-state index in [0.717, 1.165) is 0 Å². The Hall–Kier alpha value is -3.55. The lowest BCUT2D eigenvalue weighted by Gasteiger charge is -2.39. The molecule has 0 unspecified atom stereocenters. The van der Waals surface area contributed by atoms with Crippen LogP contribution < -0.4 is 4.90 Å². The van der Waals surface area contributed by atoms with Crippen molar-refractivity contribution >= 4 is 52.4 Å². The zero-order valence-corrected chi connectivity index (χ0v) is 19.2. The summed E-state index contributed by atoms with van der Waals surface area (Å²) in [7, 11) is 0. The van der Waals surface area contributed by atoms with Gasteiger partial charge in [0, 0.05) is 16.8 Å². The molecule has 3 atom stereocenters. The molecule has 2 aliphatic heterocycles. The van der Waals surface area contributed by atoms with Crippen molar-refractivity contribution in [1.29, 1.82) is 0 Å². The molecular formula is C26H14Cl2FNO5. The SMILES string of the molecule is O=C1OC(=O)[C@@H]2[C@@H]1[C@@H](c1cccc(F)c1)N(c1ccc(Cl)c(Cl)c1)C21C(=O)c2ccccc2C1=O. The van der Waals surface area contributed by atoms with Crippen molar-refractivity contribution in [3.63, 3.8) is 0 Å². The van der Waals surface area contributed by atoms with Crippen molar-refractivity contribution in [2.24, 2.45) is 11.8 Å². The molecule has 174 valence electrons. The fourth-order valence-corrected chi connectivity index (χ4v) is 6.02. The van der Waals surface area contributed by atoms with Crippen molar-refractivity contribution in [2.75, 3.05) is 4.90 Å². The van der Waals surface area contributed by atoms with Crippen LogP contribution in [-0.2, 0) is 14.3 Å². The van der Waals surface area contributed by atoms with Crippen LogP contribution in [0.4, 0.5) is 10.1 Å². The van der Waals surface area contributed by atoms with Crippen LogP contribution in [-0.4, -0.2) is 29.0 Å². The van der Waals surface area contributed by atoms with E-state index >= 15 is 0 Å². The molecule has 1 aliphatic carbocycles. The van der Waals surface area contributed by atoms with Crippen LogP contribution in [0.25, 0.3) is 0 Å². The third-order valence-corrected chi connectivity index (χ3v) is 7.75. The minimum atomic E-state index is -2.12. The van der Waals surface area contributed by atoms with Crippen LogP contribution in [0.1, 0.15) is 32.3 Å². The molecule has 0 bridgehead atoms. The Morgan fingerprint density at radius 1 is 0.800 bits per heavy atom. The number of hydrogen-bond donors (Lipinski definition) is 0. The molecule has 6 rings (SSSR count). The minimum Gasteiger partial charge on any atom is -0.393 e. The van der Waals surface area contributed by atoms with Crippen LogP contribution in [0, 0.1) is 17.7 Å². The van der Waals surface area contributed by atoms with Crippen molar-refractivity contribution in [3.8, 4) is 0 Å². The number of hydrogen-bond acceptors (Lipinski definition) is 6. The highest BCUT2D eigenvalue weighted by molar-refractivity contribution is 6.42. The van der Waals surface area contributed by atoms with Gasteiger partial charge in [0.15, 0.2) is 17.1 Å². The molecule has 3 aliphatic rings. The Kier molecular flexibility index (Phi) is 4.69. The summed E-state index contributed by atoms with van der Waals surface area (Å²) in [4.78, 5) is 55.8. The van der Waals surface area contributed by atoms with Gasteiger partial charge >= 0.3 is 11.9 Å². The average Bonchev–Trinajstić information content (AvgIpc) is 3.40. The van der Waals surface area contributed by atoms with Crippen molar-refractivity contribution < 1.29 is 28.3 Å². The fourth-order valence-electron chi connectivity index (χ4n) is 5.73. The van der Waals surface area contributed by atoms with Gasteiger partial charge in [0.1, 0.15) is 11.7 Å². The number of anilines is 1. The van der Waals surface area contributed by atoms with Gasteiger partial charge in [-0.3, -0.25) is 19.2 Å². The number of rotatable bonds is 2. The average molecular weight is 510 g/mol. The molecule has 0 saturated carbocycles. The highest BCUT2D eigenvalue weighted by atomic mass is 35.5. The second-order valence-corrected chi connectivity index (χ2v) is 9.50. The van der Waals surface area contributed by atoms with Gasteiger partial charge in [-0.25, -0.2) is 4.39 Å². The quantitative estimate of drug-likeness (QED) is 0.363. The number of benzene rings is 3. The molecule has 0 amide bonds. The Morgan fingerprint density at radius 2 is 1.49 bits per heavy atom. The lowest BCUT2D eigenvalue weighted by Crippen LogP contribution is -2.59. The van der Waals surface area contributed by atoms with Gasteiger partial charge in [-0.15, -0.1) is 0 Å². The normalized spacial score (nSPS) is 24.2. The topological polar surface area (TPSA) is 80.8 Å². The van der Waals surface area contributed by atoms with E-state index in [-0.39, 0.29) is 26.9 Å². The summed E-state index contributed by atoms with van der Waals surface area (Å²) in [5.74, 6) is -6.38. The standard InChI is InChI=1S/C26H14Cl2FNO5/c27-17-9-8-14(11-18(17)28)30-21(12-4-3-5-13(29)10-12)19-20(25(34)35-24(19)33)26(30)22(31)15-6-1-2-7-16(15)23(26)32/h1-11,19-21H/t19-,20+,21-/m1/s1. The first-order valence-electron chi connectivity index (χ1n) is 10.7. The van der Waals surface area contributed by atoms with E-state index in [1.165, 1.54) is 47.4 Å². The number of ketones is 2. The molecule has 2 heterocycles. The Bertz CT molecular complexity index is 1450. The van der Waals surface area contributed by atoms with E-state index in [9.17, 15) is 23.6 Å². The van der Waals surface area contributed by atoms with Gasteiger partial charge in [0.05, 0.1) is 22.0 Å². The number of Topliss-reactive ketones (excluding diaryl/α,β-unsaturated/α-hetero) is 2. The van der Waals surface area contributed by atoms with Crippen LogP contribution in [0.5, 0.6) is 0 Å². The lowest BCUT2D eigenvalue weighted by atomic mass is 9.76. The second-order valence-electron chi connectivity index (χ2n) is 8.68. The zero-order chi connectivity index (χ0) is 24.6. The Balaban J connectivity index is 1.70. The number of carbonyl (C=O) groups is 4. The summed E-state index contributed by atoms with van der Waals surface area (Å²) in [6.07, 6.45) is 0. The van der Waals surface area contributed by atoms with E-state index in [1.54, 1.807) is 24.3 Å². The third-order valence-electron chi connectivity index (χ3n) is 7.02. The number of ether oxygens (including phenoxy) is 1. The maximum absolute atomic E-state index is 14.3. The fraction of sp³-hybridized carbons (Fsp3) is 0.154. The first kappa shape index (κ1) is 21.9. The molecule has 3 aromatic rings. The van der Waals surface area contributed by atoms with Gasteiger partial charge in [-0.05, 0) is 35.9 Å². The molecule has 35 heavy (non-hydrogen) atoms. The minimum absolute atomic E-state index is 0.133. The highest BCUT2D eigenvalue weighted by Crippen LogP contribution is 2.60. The summed E-state index contributed by atoms with van der Waals surface area (Å²) >= 11 is 12.4. The Labute approximate surface area is 208 Å². The Morgan fingerprint density at radius 3 is 2.11 bits per heavy atom. The number of esters is 2. The second kappa shape index (κ2) is 7.47. The number of cyclic esters (lactones) is 2. The maximum Gasteiger partial charge on any atom is 0.320 e. The molecule has 2 saturated heterocycles. The van der Waals surface area contributed by atoms with Gasteiger partial charge in [-0.1, -0.05) is 59.6 Å². The van der Waals surface area contributed by atoms with Gasteiger partial charge < -0.3 is 9.64 Å². The first-order valence-corrected chi connectivity index (χ1v) is 11.5. The predicted molar refractivity (Wildman–Crippen MR) is 124 cm³/mol. The molecule has 3 aromatic carbocycles. The first-order chi connectivity index (χ1) is 16.8. The van der Waals surface area contributed by atoms with Gasteiger partial charge in [0.25, 0.3) is 0 Å². The summed E-state index contributed by atoms with van der Waals surface area (Å²) in [5, 5.41) is 0.368. The maximum atomic E-state index is 14.3. The monoisotopic (exact) mass is 509 g/mol. The van der Waals surface area contributed by atoms with E-state index < -0.39 is 52.7 Å². The van der Waals surface area contributed by atoms with Crippen molar-refractivity contribution in [3.05, 3.63) is 99.3 Å². The molecule has 0 aromatic heterocycles. The van der Waals surface area contributed by atoms with Crippen LogP contribution >= 0.6 is 23.2 Å². The van der Waals surface area contributed by atoms with Crippen molar-refractivity contribution in [1.82, 2.24) is 0 Å². The zero-order valence-electron chi connectivity index (χ0n) is 17.7. The van der Waals surface area contributed by atoms with E-state index in [2.05, 4.69) is 0 Å². The summed E-state index contributed by atoms with van der Waals surface area (Å²) in [6, 6.07) is 15.1. The smallest absolute Gasteiger partial charge is 0.320 e. The van der Waals surface area contributed by atoms with Crippen molar-refractivity contribution in [2.45, 2.75) is 11.6 Å². The van der Waals surface area contributed by atoms with Gasteiger partial charge in [0.2, 0.25) is 0 Å². The van der Waals surface area contributed by atoms with Crippen LogP contribution in [0.15, 0.2) is 66.7 Å². The van der Waals surface area contributed by atoms with E-state index in [1.807, 2.05) is 0 Å². The number of fused-ring (bicyclic) bond motifs is 3. The lowest BCUT2D eigenvalue weighted by molar-refractivity contribution is -0.154. The predicted octanol–water partition coefficient (Wildman–Crippen LogP) is 4.83. The van der Waals surface area contributed by atoms with Crippen LogP contribution in [0.3, 0.4) is 0 Å². The highest BCUT2D eigenvalue weighted by Gasteiger charge is 2.76. The summed E-state index contributed by atoms with van der Waals surface area (Å²) < 4.78 is 19.3. The molecule has 2 fully saturated rings. The van der Waals surface area contributed by atoms with E-state index in [4.69, 9.17) is 27.9 Å². The molecular weight excluding hydrogens is 496 g/mol. The number of carbonyl (C=O) groups excluding carboxylic acids is 4. The van der Waals surface area contributed by atoms with Gasteiger partial charge in [-0.2, -0.15) is 0 Å². The number of halogens is 3. The largest absolute Gasteiger partial charge is 0.393 e. The number of nitrogens with zero attached hydrogens (tertiary/aromatic N) is 1. The molecule has 0 radical (unpaired) electrons. The van der Waals surface area contributed by atoms with Crippen LogP contribution in [0.2, 0.25) is 10.0 Å². The molecule has 9 heteroatoms.